The van der Waals surface area contributed by atoms with Crippen LogP contribution in [0.2, 0.25) is 0 Å². The van der Waals surface area contributed by atoms with Crippen molar-refractivity contribution in [3.8, 4) is 0 Å². The molecule has 0 saturated heterocycles. The molecule has 0 N–H and O–H groups in total. The van der Waals surface area contributed by atoms with Gasteiger partial charge in [0.1, 0.15) is 0 Å². The average molecular weight is 299 g/mol. The van der Waals surface area contributed by atoms with Gasteiger partial charge in [0.25, 0.3) is 0 Å². The molecule has 0 aromatic heterocycles. The van der Waals surface area contributed by atoms with Gasteiger partial charge in [0.15, 0.2) is 4.11 Å². The Morgan fingerprint density at radius 2 is 1.54 bits per heavy atom. The Morgan fingerprint density at radius 1 is 1.15 bits per heavy atom. The second-order valence-electron chi connectivity index (χ2n) is 3.52. The summed E-state index contributed by atoms with van der Waals surface area (Å²) in [5.41, 5.74) is 0. The Bertz CT molecular complexity index is 161. The predicted molar refractivity (Wildman–Crippen MR) is 62.1 cm³/mol. The summed E-state index contributed by atoms with van der Waals surface area (Å²) in [5, 5.41) is 0. The third kappa shape index (κ3) is 4.69. The van der Waals surface area contributed by atoms with E-state index >= 15 is 0 Å². The van der Waals surface area contributed by atoms with Crippen molar-refractivity contribution in [2.75, 3.05) is 0 Å². The van der Waals surface area contributed by atoms with Gasteiger partial charge in [-0.2, -0.15) is 0 Å². The zero-order valence-electron chi connectivity index (χ0n) is 8.87. The maximum atomic E-state index is 11.5. The number of carbonyl (C=O) groups excluding carboxylic acids is 1. The summed E-state index contributed by atoms with van der Waals surface area (Å²) in [5.74, 6) is 0. The standard InChI is InChI=1S/C9H18INO2/c1-6(2)11(7(3)4)9(12)13-8(5)10/h6-8H,1-5H3. The van der Waals surface area contributed by atoms with Crippen LogP contribution in [0.3, 0.4) is 0 Å². The Morgan fingerprint density at radius 3 is 1.77 bits per heavy atom. The maximum absolute atomic E-state index is 11.5. The molecule has 0 rings (SSSR count). The molecule has 0 fully saturated rings. The number of hydrogen-bond acceptors (Lipinski definition) is 2. The first-order valence-electron chi connectivity index (χ1n) is 4.49. The van der Waals surface area contributed by atoms with Crippen molar-refractivity contribution >= 4 is 28.7 Å². The summed E-state index contributed by atoms with van der Waals surface area (Å²) in [6.45, 7) is 9.79. The molecule has 0 aliphatic carbocycles. The van der Waals surface area contributed by atoms with Crippen molar-refractivity contribution in [3.05, 3.63) is 0 Å². The molecule has 0 bridgehead atoms. The van der Waals surface area contributed by atoms with Crippen LogP contribution in [0.1, 0.15) is 34.6 Å². The van der Waals surface area contributed by atoms with Crippen LogP contribution < -0.4 is 0 Å². The summed E-state index contributed by atoms with van der Waals surface area (Å²) in [6, 6.07) is 0.366. The summed E-state index contributed by atoms with van der Waals surface area (Å²) in [6.07, 6.45) is -0.230. The minimum absolute atomic E-state index is 0.0786. The monoisotopic (exact) mass is 299 g/mol. The molecule has 0 saturated carbocycles. The van der Waals surface area contributed by atoms with E-state index in [1.54, 1.807) is 4.90 Å². The van der Waals surface area contributed by atoms with Gasteiger partial charge in [-0.1, -0.05) is 0 Å². The number of nitrogens with zero attached hydrogens (tertiary/aromatic N) is 1. The minimum Gasteiger partial charge on any atom is -0.436 e. The summed E-state index contributed by atoms with van der Waals surface area (Å²) in [7, 11) is 0. The zero-order chi connectivity index (χ0) is 10.6. The molecule has 0 aliphatic heterocycles. The van der Waals surface area contributed by atoms with Crippen molar-refractivity contribution in [1.29, 1.82) is 0 Å². The van der Waals surface area contributed by atoms with Gasteiger partial charge in [-0.3, -0.25) is 0 Å². The van der Waals surface area contributed by atoms with E-state index in [2.05, 4.69) is 22.6 Å². The predicted octanol–water partition coefficient (Wildman–Crippen LogP) is 3.02. The fraction of sp³-hybridized carbons (Fsp3) is 0.889. The van der Waals surface area contributed by atoms with Crippen molar-refractivity contribution in [1.82, 2.24) is 4.90 Å². The van der Waals surface area contributed by atoms with Gasteiger partial charge in [-0.25, -0.2) is 4.79 Å². The van der Waals surface area contributed by atoms with Crippen LogP contribution in [0.5, 0.6) is 0 Å². The third-order valence-electron chi connectivity index (χ3n) is 1.59. The fourth-order valence-corrected chi connectivity index (χ4v) is 1.44. The third-order valence-corrected chi connectivity index (χ3v) is 1.84. The molecule has 1 unspecified atom stereocenters. The Balaban J connectivity index is 4.29. The molecule has 3 nitrogen and oxygen atoms in total. The highest BCUT2D eigenvalue weighted by Crippen LogP contribution is 2.10. The Labute approximate surface area is 94.0 Å². The number of ether oxygens (including phenoxy) is 1. The molecule has 78 valence electrons. The number of carbonyl (C=O) groups is 1. The highest BCUT2D eigenvalue weighted by Gasteiger charge is 2.22. The molecule has 13 heavy (non-hydrogen) atoms. The number of amides is 1. The van der Waals surface area contributed by atoms with E-state index in [0.29, 0.717) is 0 Å². The molecule has 0 aliphatic rings. The van der Waals surface area contributed by atoms with Crippen LogP contribution in [0.25, 0.3) is 0 Å². The SMILES string of the molecule is CC(I)OC(=O)N(C(C)C)C(C)C. The molecule has 0 aromatic carbocycles. The molecule has 1 amide bonds. The van der Waals surface area contributed by atoms with Crippen LogP contribution in [0, 0.1) is 0 Å². The van der Waals surface area contributed by atoms with Gasteiger partial charge in [0.05, 0.1) is 0 Å². The van der Waals surface area contributed by atoms with Crippen LogP contribution >= 0.6 is 22.6 Å². The number of alkyl halides is 1. The van der Waals surface area contributed by atoms with E-state index in [1.165, 1.54) is 0 Å². The lowest BCUT2D eigenvalue weighted by Gasteiger charge is -2.30. The molecule has 1 atom stereocenters. The lowest BCUT2D eigenvalue weighted by Crippen LogP contribution is -2.42. The smallest absolute Gasteiger partial charge is 0.411 e. The molecule has 0 radical (unpaired) electrons. The normalized spacial score (nSPS) is 13.2. The van der Waals surface area contributed by atoms with Crippen LogP contribution in [-0.2, 0) is 4.74 Å². The highest BCUT2D eigenvalue weighted by molar-refractivity contribution is 14.1. The lowest BCUT2D eigenvalue weighted by atomic mass is 10.2. The second-order valence-corrected chi connectivity index (χ2v) is 5.28. The van der Waals surface area contributed by atoms with Crippen LogP contribution in [0.4, 0.5) is 4.79 Å². The Kier molecular flexibility index (Phi) is 5.67. The van der Waals surface area contributed by atoms with Gasteiger partial charge in [-0.05, 0) is 57.2 Å². The lowest BCUT2D eigenvalue weighted by molar-refractivity contribution is 0.0789. The second kappa shape index (κ2) is 5.67. The largest absolute Gasteiger partial charge is 0.436 e. The number of rotatable bonds is 3. The van der Waals surface area contributed by atoms with Crippen LogP contribution in [-0.4, -0.2) is 27.2 Å². The zero-order valence-corrected chi connectivity index (χ0v) is 11.0. The van der Waals surface area contributed by atoms with E-state index in [0.717, 1.165) is 0 Å². The summed E-state index contributed by atoms with van der Waals surface area (Å²) < 4.78 is 5.03. The molecular weight excluding hydrogens is 281 g/mol. The highest BCUT2D eigenvalue weighted by atomic mass is 127. The van der Waals surface area contributed by atoms with Crippen molar-refractivity contribution in [2.24, 2.45) is 0 Å². The van der Waals surface area contributed by atoms with E-state index in [1.807, 2.05) is 34.6 Å². The van der Waals surface area contributed by atoms with Gasteiger partial charge in [0, 0.05) is 12.1 Å². The first-order chi connectivity index (χ1) is 5.86. The quantitative estimate of drug-likeness (QED) is 0.592. The first kappa shape index (κ1) is 13.0. The van der Waals surface area contributed by atoms with Crippen molar-refractivity contribution in [2.45, 2.75) is 50.8 Å². The van der Waals surface area contributed by atoms with Gasteiger partial charge >= 0.3 is 6.09 Å². The average Bonchev–Trinajstić information content (AvgIpc) is 1.81. The molecule has 0 spiro atoms. The minimum atomic E-state index is -0.230. The van der Waals surface area contributed by atoms with E-state index < -0.39 is 0 Å². The Hall–Kier alpha value is 0. The molecule has 0 heterocycles. The van der Waals surface area contributed by atoms with Gasteiger partial charge in [0.2, 0.25) is 0 Å². The fourth-order valence-electron chi connectivity index (χ4n) is 1.22. The van der Waals surface area contributed by atoms with Gasteiger partial charge < -0.3 is 9.64 Å². The molecule has 0 aromatic rings. The van der Waals surface area contributed by atoms with Crippen molar-refractivity contribution in [3.63, 3.8) is 0 Å². The van der Waals surface area contributed by atoms with Crippen molar-refractivity contribution < 1.29 is 9.53 Å². The molecular formula is C9H18INO2. The number of halogens is 1. The van der Waals surface area contributed by atoms with E-state index in [-0.39, 0.29) is 22.3 Å². The summed E-state index contributed by atoms with van der Waals surface area (Å²) >= 11 is 2.07. The number of hydrogen-bond donors (Lipinski definition) is 0. The van der Waals surface area contributed by atoms with Gasteiger partial charge in [-0.15, -0.1) is 0 Å². The van der Waals surface area contributed by atoms with E-state index in [4.69, 9.17) is 4.74 Å². The maximum Gasteiger partial charge on any atom is 0.411 e. The first-order valence-corrected chi connectivity index (χ1v) is 5.73. The van der Waals surface area contributed by atoms with Crippen LogP contribution in [0.15, 0.2) is 0 Å². The topological polar surface area (TPSA) is 29.5 Å². The molecule has 4 heteroatoms. The van der Waals surface area contributed by atoms with E-state index in [9.17, 15) is 4.79 Å². The summed E-state index contributed by atoms with van der Waals surface area (Å²) in [4.78, 5) is 13.3.